The molecule has 0 atom stereocenters. The number of benzene rings is 2. The molecule has 2 aliphatic heterocycles. The maximum Gasteiger partial charge on any atom is 0.243 e. The van der Waals surface area contributed by atoms with Gasteiger partial charge in [0, 0.05) is 32.1 Å². The van der Waals surface area contributed by atoms with Crippen LogP contribution in [-0.4, -0.2) is 49.7 Å². The minimum absolute atomic E-state index is 0.0230. The zero-order valence-corrected chi connectivity index (χ0v) is 22.1. The number of carbonyl (C=O) groups excluding carboxylic acids is 1. The minimum atomic E-state index is -3.53. The quantitative estimate of drug-likeness (QED) is 0.621. The molecular formula is C28H39N3O3S. The van der Waals surface area contributed by atoms with Crippen LogP contribution in [-0.2, 0) is 27.9 Å². The maximum absolute atomic E-state index is 13.1. The third-order valence-electron chi connectivity index (χ3n) is 7.78. The largest absolute Gasteiger partial charge is 0.352 e. The highest BCUT2D eigenvalue weighted by molar-refractivity contribution is 7.89. The van der Waals surface area contributed by atoms with Crippen molar-refractivity contribution in [3.05, 3.63) is 64.7 Å². The van der Waals surface area contributed by atoms with Gasteiger partial charge < -0.3 is 5.32 Å². The molecule has 2 heterocycles. The summed E-state index contributed by atoms with van der Waals surface area (Å²) in [5.41, 5.74) is 4.48. The lowest BCUT2D eigenvalue weighted by atomic mass is 9.96. The number of nitrogens with zero attached hydrogens (tertiary/aromatic N) is 2. The third kappa shape index (κ3) is 6.32. The van der Waals surface area contributed by atoms with E-state index in [-0.39, 0.29) is 11.8 Å². The second-order valence-corrected chi connectivity index (χ2v) is 12.3. The van der Waals surface area contributed by atoms with Gasteiger partial charge >= 0.3 is 0 Å². The Kier molecular flexibility index (Phi) is 8.30. The first-order valence-electron chi connectivity index (χ1n) is 12.9. The van der Waals surface area contributed by atoms with Crippen molar-refractivity contribution in [2.45, 2.75) is 64.4 Å². The SMILES string of the molecule is Cc1ccc(S(=O)(=O)N2CCC(C(=O)NCc3ccccc3CN3CCC(C)CC3)CC2)cc1C. The Morgan fingerprint density at radius 1 is 0.914 bits per heavy atom. The molecule has 0 unspecified atom stereocenters. The van der Waals surface area contributed by atoms with Gasteiger partial charge in [-0.3, -0.25) is 9.69 Å². The Bertz CT molecular complexity index is 1130. The smallest absolute Gasteiger partial charge is 0.243 e. The van der Waals surface area contributed by atoms with Gasteiger partial charge in [0.05, 0.1) is 4.90 Å². The van der Waals surface area contributed by atoms with Gasteiger partial charge in [-0.25, -0.2) is 8.42 Å². The lowest BCUT2D eigenvalue weighted by Gasteiger charge is -2.31. The first-order valence-corrected chi connectivity index (χ1v) is 14.3. The van der Waals surface area contributed by atoms with Crippen LogP contribution in [0.2, 0.25) is 0 Å². The van der Waals surface area contributed by atoms with Crippen LogP contribution in [0.3, 0.4) is 0 Å². The fourth-order valence-electron chi connectivity index (χ4n) is 5.05. The predicted octanol–water partition coefficient (Wildman–Crippen LogP) is 4.25. The third-order valence-corrected chi connectivity index (χ3v) is 9.68. The predicted molar refractivity (Wildman–Crippen MR) is 139 cm³/mol. The molecule has 0 aliphatic carbocycles. The first kappa shape index (κ1) is 25.9. The minimum Gasteiger partial charge on any atom is -0.352 e. The summed E-state index contributed by atoms with van der Waals surface area (Å²) in [5, 5.41) is 3.13. The maximum atomic E-state index is 13.1. The highest BCUT2D eigenvalue weighted by Gasteiger charge is 2.32. The van der Waals surface area contributed by atoms with Crippen molar-refractivity contribution in [3.8, 4) is 0 Å². The fourth-order valence-corrected chi connectivity index (χ4v) is 6.61. The molecule has 2 aromatic rings. The Balaban J connectivity index is 1.30. The van der Waals surface area contributed by atoms with Crippen LogP contribution in [0.5, 0.6) is 0 Å². The molecule has 0 saturated carbocycles. The van der Waals surface area contributed by atoms with E-state index in [0.29, 0.717) is 37.4 Å². The number of carbonyl (C=O) groups is 1. The van der Waals surface area contributed by atoms with Gasteiger partial charge in [0.2, 0.25) is 15.9 Å². The lowest BCUT2D eigenvalue weighted by Crippen LogP contribution is -2.43. The fraction of sp³-hybridized carbons (Fsp3) is 0.536. The molecule has 2 saturated heterocycles. The van der Waals surface area contributed by atoms with Crippen molar-refractivity contribution in [3.63, 3.8) is 0 Å². The van der Waals surface area contributed by atoms with Crippen molar-refractivity contribution in [2.24, 2.45) is 11.8 Å². The number of aryl methyl sites for hydroxylation is 2. The van der Waals surface area contributed by atoms with E-state index in [1.54, 1.807) is 12.1 Å². The second kappa shape index (κ2) is 11.2. The van der Waals surface area contributed by atoms with Gasteiger partial charge in [-0.05, 0) is 92.9 Å². The number of sulfonamides is 1. The van der Waals surface area contributed by atoms with Crippen LogP contribution in [0.1, 0.15) is 54.9 Å². The number of hydrogen-bond acceptors (Lipinski definition) is 4. The lowest BCUT2D eigenvalue weighted by molar-refractivity contribution is -0.126. The number of likely N-dealkylation sites (tertiary alicyclic amines) is 1. The van der Waals surface area contributed by atoms with E-state index in [0.717, 1.165) is 42.2 Å². The molecule has 7 heteroatoms. The number of amides is 1. The Morgan fingerprint density at radius 3 is 2.23 bits per heavy atom. The van der Waals surface area contributed by atoms with Crippen LogP contribution >= 0.6 is 0 Å². The zero-order chi connectivity index (χ0) is 25.0. The van der Waals surface area contributed by atoms with Gasteiger partial charge in [0.15, 0.2) is 0 Å². The van der Waals surface area contributed by atoms with Gasteiger partial charge in [-0.1, -0.05) is 37.3 Å². The molecule has 0 aromatic heterocycles. The summed E-state index contributed by atoms with van der Waals surface area (Å²) >= 11 is 0. The highest BCUT2D eigenvalue weighted by Crippen LogP contribution is 2.26. The molecule has 0 spiro atoms. The molecule has 2 aromatic carbocycles. The topological polar surface area (TPSA) is 69.7 Å². The summed E-state index contributed by atoms with van der Waals surface area (Å²) in [6.07, 6.45) is 3.58. The molecule has 0 bridgehead atoms. The standard InChI is InChI=1S/C28H39N3O3S/c1-21-10-14-30(15-11-21)20-26-7-5-4-6-25(26)19-29-28(32)24-12-16-31(17-13-24)35(33,34)27-9-8-22(2)23(3)18-27/h4-9,18,21,24H,10-17,19-20H2,1-3H3,(H,29,32). The summed E-state index contributed by atoms with van der Waals surface area (Å²) in [6, 6.07) is 13.6. The van der Waals surface area contributed by atoms with E-state index in [4.69, 9.17) is 0 Å². The molecule has 1 amide bonds. The van der Waals surface area contributed by atoms with Crippen molar-refractivity contribution in [1.82, 2.24) is 14.5 Å². The zero-order valence-electron chi connectivity index (χ0n) is 21.3. The van der Waals surface area contributed by atoms with Crippen LogP contribution < -0.4 is 5.32 Å². The molecule has 2 aliphatic rings. The van der Waals surface area contributed by atoms with E-state index in [2.05, 4.69) is 35.3 Å². The van der Waals surface area contributed by atoms with E-state index in [1.807, 2.05) is 26.0 Å². The Labute approximate surface area is 210 Å². The number of rotatable bonds is 7. The average Bonchev–Trinajstić information content (AvgIpc) is 2.86. The number of piperidine rings is 2. The summed E-state index contributed by atoms with van der Waals surface area (Å²) in [7, 11) is -3.53. The Hall–Kier alpha value is -2.22. The normalized spacial score (nSPS) is 19.1. The summed E-state index contributed by atoms with van der Waals surface area (Å²) in [4.78, 5) is 15.8. The molecule has 6 nitrogen and oxygen atoms in total. The summed E-state index contributed by atoms with van der Waals surface area (Å²) in [5.74, 6) is 0.676. The van der Waals surface area contributed by atoms with Crippen LogP contribution in [0.25, 0.3) is 0 Å². The van der Waals surface area contributed by atoms with Crippen molar-refractivity contribution < 1.29 is 13.2 Å². The molecule has 0 radical (unpaired) electrons. The van der Waals surface area contributed by atoms with Gasteiger partial charge in [-0.15, -0.1) is 0 Å². The molecular weight excluding hydrogens is 458 g/mol. The number of hydrogen-bond donors (Lipinski definition) is 1. The molecule has 190 valence electrons. The van der Waals surface area contributed by atoms with E-state index < -0.39 is 10.0 Å². The van der Waals surface area contributed by atoms with Crippen molar-refractivity contribution >= 4 is 15.9 Å². The van der Waals surface area contributed by atoms with Crippen LogP contribution in [0.4, 0.5) is 0 Å². The molecule has 35 heavy (non-hydrogen) atoms. The first-order chi connectivity index (χ1) is 16.7. The van der Waals surface area contributed by atoms with E-state index in [1.165, 1.54) is 22.7 Å². The van der Waals surface area contributed by atoms with E-state index in [9.17, 15) is 13.2 Å². The Morgan fingerprint density at radius 2 is 1.57 bits per heavy atom. The van der Waals surface area contributed by atoms with Gasteiger partial charge in [0.25, 0.3) is 0 Å². The van der Waals surface area contributed by atoms with E-state index >= 15 is 0 Å². The van der Waals surface area contributed by atoms with Gasteiger partial charge in [0.1, 0.15) is 0 Å². The van der Waals surface area contributed by atoms with Gasteiger partial charge in [-0.2, -0.15) is 4.31 Å². The highest BCUT2D eigenvalue weighted by atomic mass is 32.2. The van der Waals surface area contributed by atoms with Crippen molar-refractivity contribution in [2.75, 3.05) is 26.2 Å². The molecule has 4 rings (SSSR count). The van der Waals surface area contributed by atoms with Crippen LogP contribution in [0.15, 0.2) is 47.4 Å². The van der Waals surface area contributed by atoms with Crippen molar-refractivity contribution in [1.29, 1.82) is 0 Å². The molecule has 2 fully saturated rings. The summed E-state index contributed by atoms with van der Waals surface area (Å²) < 4.78 is 27.7. The molecule has 1 N–H and O–H groups in total. The number of nitrogens with one attached hydrogen (secondary N) is 1. The summed E-state index contributed by atoms with van der Waals surface area (Å²) in [6.45, 7) is 10.7. The average molecular weight is 498 g/mol. The monoisotopic (exact) mass is 497 g/mol. The van der Waals surface area contributed by atoms with Crippen LogP contribution in [0, 0.1) is 25.7 Å². The second-order valence-electron chi connectivity index (χ2n) is 10.4.